The van der Waals surface area contributed by atoms with Gasteiger partial charge in [0.05, 0.1) is 5.69 Å². The minimum absolute atomic E-state index is 0.0130. The molecule has 1 aromatic rings. The first-order chi connectivity index (χ1) is 8.15. The van der Waals surface area contributed by atoms with Crippen molar-refractivity contribution in [3.05, 3.63) is 42.0 Å². The van der Waals surface area contributed by atoms with Gasteiger partial charge in [-0.2, -0.15) is 0 Å². The van der Waals surface area contributed by atoms with E-state index in [1.54, 1.807) is 0 Å². The number of carbonyl (C=O) groups excluding carboxylic acids is 1. The number of hydrogen-bond acceptors (Lipinski definition) is 1. The largest absolute Gasteiger partial charge is 0.308 e. The van der Waals surface area contributed by atoms with Crippen LogP contribution in [-0.2, 0) is 11.2 Å². The molecule has 1 aliphatic heterocycles. The molecule has 0 fully saturated rings. The zero-order chi connectivity index (χ0) is 12.4. The second-order valence-electron chi connectivity index (χ2n) is 4.81. The van der Waals surface area contributed by atoms with Gasteiger partial charge in [0.25, 0.3) is 0 Å². The van der Waals surface area contributed by atoms with Gasteiger partial charge in [0.2, 0.25) is 5.91 Å². The summed E-state index contributed by atoms with van der Waals surface area (Å²) in [5.41, 5.74) is 3.67. The molecule has 90 valence electrons. The number of fused-ring (bicyclic) bond motifs is 1. The lowest BCUT2D eigenvalue weighted by atomic mass is 9.92. The molecule has 2 rings (SSSR count). The van der Waals surface area contributed by atoms with Crippen LogP contribution in [0.2, 0.25) is 0 Å². The van der Waals surface area contributed by atoms with Gasteiger partial charge < -0.3 is 4.90 Å². The predicted octanol–water partition coefficient (Wildman–Crippen LogP) is 3.28. The molecule has 1 aliphatic rings. The van der Waals surface area contributed by atoms with Crippen LogP contribution in [0.3, 0.4) is 0 Å². The molecule has 0 aliphatic carbocycles. The third-order valence-corrected chi connectivity index (χ3v) is 3.31. The Kier molecular flexibility index (Phi) is 3.32. The van der Waals surface area contributed by atoms with Gasteiger partial charge >= 0.3 is 0 Å². The Bertz CT molecular complexity index is 448. The standard InChI is InChI=1S/C15H19NO/c1-4-14(17)16-10-6-8-12-7-5-9-13(11(2)3)15(12)16/h4-5,7,9,11H,1,6,8,10H2,2-3H3. The molecule has 0 saturated carbocycles. The van der Waals surface area contributed by atoms with Gasteiger partial charge in [-0.05, 0) is 36.0 Å². The van der Waals surface area contributed by atoms with Crippen molar-refractivity contribution < 1.29 is 4.79 Å². The first kappa shape index (κ1) is 11.9. The molecule has 0 radical (unpaired) electrons. The van der Waals surface area contributed by atoms with Crippen molar-refractivity contribution in [1.82, 2.24) is 0 Å². The van der Waals surface area contributed by atoms with E-state index in [9.17, 15) is 4.79 Å². The van der Waals surface area contributed by atoms with E-state index in [1.807, 2.05) is 4.90 Å². The predicted molar refractivity (Wildman–Crippen MR) is 71.4 cm³/mol. The average Bonchev–Trinajstić information content (AvgIpc) is 2.36. The summed E-state index contributed by atoms with van der Waals surface area (Å²) in [6, 6.07) is 6.35. The van der Waals surface area contributed by atoms with Crippen LogP contribution in [0.5, 0.6) is 0 Å². The second kappa shape index (κ2) is 4.74. The summed E-state index contributed by atoms with van der Waals surface area (Å²) in [6.07, 6.45) is 3.51. The Morgan fingerprint density at radius 2 is 2.24 bits per heavy atom. The Balaban J connectivity index is 2.54. The van der Waals surface area contributed by atoms with Crippen molar-refractivity contribution in [2.24, 2.45) is 0 Å². The van der Waals surface area contributed by atoms with Crippen LogP contribution in [0.25, 0.3) is 0 Å². The van der Waals surface area contributed by atoms with Crippen molar-refractivity contribution >= 4 is 11.6 Å². The fraction of sp³-hybridized carbons (Fsp3) is 0.400. The normalized spacial score (nSPS) is 14.6. The van der Waals surface area contributed by atoms with Crippen LogP contribution in [0, 0.1) is 0 Å². The molecule has 2 nitrogen and oxygen atoms in total. The molecule has 0 atom stereocenters. The summed E-state index contributed by atoms with van der Waals surface area (Å²) >= 11 is 0. The van der Waals surface area contributed by atoms with Crippen LogP contribution in [0.15, 0.2) is 30.9 Å². The van der Waals surface area contributed by atoms with Gasteiger partial charge in [-0.15, -0.1) is 0 Å². The Labute approximate surface area is 103 Å². The summed E-state index contributed by atoms with van der Waals surface area (Å²) in [5, 5.41) is 0. The Morgan fingerprint density at radius 1 is 1.47 bits per heavy atom. The third-order valence-electron chi connectivity index (χ3n) is 3.31. The summed E-state index contributed by atoms with van der Waals surface area (Å²) < 4.78 is 0. The molecule has 2 heteroatoms. The number of aryl methyl sites for hydroxylation is 1. The number of hydrogen-bond donors (Lipinski definition) is 0. The van der Waals surface area contributed by atoms with E-state index in [-0.39, 0.29) is 5.91 Å². The van der Waals surface area contributed by atoms with Crippen molar-refractivity contribution in [2.45, 2.75) is 32.6 Å². The minimum atomic E-state index is 0.0130. The fourth-order valence-electron chi connectivity index (χ4n) is 2.48. The zero-order valence-electron chi connectivity index (χ0n) is 10.6. The molecule has 0 bridgehead atoms. The SMILES string of the molecule is C=CC(=O)N1CCCc2cccc(C(C)C)c21. The molecular weight excluding hydrogens is 210 g/mol. The van der Waals surface area contributed by atoms with Gasteiger partial charge in [0, 0.05) is 6.54 Å². The maximum atomic E-state index is 11.9. The zero-order valence-corrected chi connectivity index (χ0v) is 10.6. The number of rotatable bonds is 2. The number of carbonyl (C=O) groups is 1. The number of anilines is 1. The van der Waals surface area contributed by atoms with E-state index >= 15 is 0 Å². The highest BCUT2D eigenvalue weighted by Gasteiger charge is 2.24. The highest BCUT2D eigenvalue weighted by molar-refractivity contribution is 6.02. The lowest BCUT2D eigenvalue weighted by Crippen LogP contribution is -2.35. The summed E-state index contributed by atoms with van der Waals surface area (Å²) in [6.45, 7) is 8.73. The topological polar surface area (TPSA) is 20.3 Å². The van der Waals surface area contributed by atoms with E-state index in [0.29, 0.717) is 5.92 Å². The number of benzene rings is 1. The lowest BCUT2D eigenvalue weighted by Gasteiger charge is -2.31. The van der Waals surface area contributed by atoms with Gasteiger partial charge in [-0.3, -0.25) is 4.79 Å². The maximum Gasteiger partial charge on any atom is 0.250 e. The average molecular weight is 229 g/mol. The molecule has 1 amide bonds. The molecule has 1 aromatic carbocycles. The lowest BCUT2D eigenvalue weighted by molar-refractivity contribution is -0.114. The summed E-state index contributed by atoms with van der Waals surface area (Å²) in [5.74, 6) is 0.446. The highest BCUT2D eigenvalue weighted by atomic mass is 16.2. The second-order valence-corrected chi connectivity index (χ2v) is 4.81. The van der Waals surface area contributed by atoms with Crippen molar-refractivity contribution in [2.75, 3.05) is 11.4 Å². The highest BCUT2D eigenvalue weighted by Crippen LogP contribution is 2.35. The van der Waals surface area contributed by atoms with E-state index in [4.69, 9.17) is 0 Å². The molecule has 1 heterocycles. The van der Waals surface area contributed by atoms with Gasteiger partial charge in [-0.1, -0.05) is 38.6 Å². The molecular formula is C15H19NO. The molecule has 0 saturated heterocycles. The fourth-order valence-corrected chi connectivity index (χ4v) is 2.48. The first-order valence-electron chi connectivity index (χ1n) is 6.21. The molecule has 0 spiro atoms. The molecule has 0 aromatic heterocycles. The van der Waals surface area contributed by atoms with Gasteiger partial charge in [0.15, 0.2) is 0 Å². The Morgan fingerprint density at radius 3 is 2.88 bits per heavy atom. The number of amides is 1. The van der Waals surface area contributed by atoms with E-state index < -0.39 is 0 Å². The Hall–Kier alpha value is -1.57. The van der Waals surface area contributed by atoms with E-state index in [0.717, 1.165) is 25.1 Å². The number of nitrogens with zero attached hydrogens (tertiary/aromatic N) is 1. The van der Waals surface area contributed by atoms with E-state index in [1.165, 1.54) is 17.2 Å². The molecule has 0 unspecified atom stereocenters. The molecule has 0 N–H and O–H groups in total. The summed E-state index contributed by atoms with van der Waals surface area (Å²) in [7, 11) is 0. The smallest absolute Gasteiger partial charge is 0.250 e. The van der Waals surface area contributed by atoms with Gasteiger partial charge in [0.1, 0.15) is 0 Å². The number of para-hydroxylation sites is 1. The summed E-state index contributed by atoms with van der Waals surface area (Å²) in [4.78, 5) is 13.8. The third kappa shape index (κ3) is 2.12. The van der Waals surface area contributed by atoms with Crippen molar-refractivity contribution in [3.63, 3.8) is 0 Å². The monoisotopic (exact) mass is 229 g/mol. The van der Waals surface area contributed by atoms with Crippen LogP contribution in [0.4, 0.5) is 5.69 Å². The maximum absolute atomic E-state index is 11.9. The van der Waals surface area contributed by atoms with Gasteiger partial charge in [-0.25, -0.2) is 0 Å². The van der Waals surface area contributed by atoms with Crippen molar-refractivity contribution in [3.8, 4) is 0 Å². The van der Waals surface area contributed by atoms with Crippen LogP contribution < -0.4 is 4.90 Å². The quantitative estimate of drug-likeness (QED) is 0.713. The minimum Gasteiger partial charge on any atom is -0.308 e. The van der Waals surface area contributed by atoms with E-state index in [2.05, 4.69) is 38.6 Å². The van der Waals surface area contributed by atoms with Crippen LogP contribution >= 0.6 is 0 Å². The molecule has 17 heavy (non-hydrogen) atoms. The van der Waals surface area contributed by atoms with Crippen molar-refractivity contribution in [1.29, 1.82) is 0 Å². The van der Waals surface area contributed by atoms with Crippen LogP contribution in [0.1, 0.15) is 37.3 Å². The van der Waals surface area contributed by atoms with Crippen LogP contribution in [-0.4, -0.2) is 12.5 Å². The first-order valence-corrected chi connectivity index (χ1v) is 6.21.